The molecule has 1 N–H and O–H groups in total. The summed E-state index contributed by atoms with van der Waals surface area (Å²) in [6, 6.07) is 17.0. The Morgan fingerprint density at radius 3 is 2.18 bits per heavy atom. The van der Waals surface area contributed by atoms with E-state index in [0.717, 1.165) is 28.4 Å². The van der Waals surface area contributed by atoms with Gasteiger partial charge in [0.05, 0.1) is 32.1 Å². The summed E-state index contributed by atoms with van der Waals surface area (Å²) in [5.41, 5.74) is 4.06. The molecule has 1 aliphatic heterocycles. The van der Waals surface area contributed by atoms with Crippen LogP contribution < -0.4 is 14.8 Å². The molecule has 0 radical (unpaired) electrons. The van der Waals surface area contributed by atoms with E-state index in [4.69, 9.17) is 14.2 Å². The van der Waals surface area contributed by atoms with Gasteiger partial charge in [-0.25, -0.2) is 4.79 Å². The minimum absolute atomic E-state index is 0.101. The third kappa shape index (κ3) is 6.17. The third-order valence-electron chi connectivity index (χ3n) is 6.72. The van der Waals surface area contributed by atoms with Crippen LogP contribution in [0.4, 0.5) is 4.79 Å². The van der Waals surface area contributed by atoms with Gasteiger partial charge >= 0.3 is 12.0 Å². The van der Waals surface area contributed by atoms with Crippen LogP contribution >= 0.6 is 0 Å². The number of nitrogens with one attached hydrogen (secondary N) is 1. The average Bonchev–Trinajstić information content (AvgIpc) is 3.32. The number of nitrogens with zero attached hydrogens (tertiary/aromatic N) is 3. The number of methoxy groups -OCH3 is 2. The highest BCUT2D eigenvalue weighted by molar-refractivity contribution is 5.97. The zero-order valence-electron chi connectivity index (χ0n) is 22.7. The summed E-state index contributed by atoms with van der Waals surface area (Å²) in [7, 11) is 3.25. The van der Waals surface area contributed by atoms with Gasteiger partial charge in [-0.1, -0.05) is 6.07 Å². The maximum Gasteiger partial charge on any atom is 0.325 e. The van der Waals surface area contributed by atoms with Crippen LogP contribution in [0.15, 0.2) is 54.6 Å². The molecule has 206 valence electrons. The molecule has 3 aromatic rings. The Hall–Kier alpha value is -4.47. The number of ether oxygens (including phenoxy) is 3. The van der Waals surface area contributed by atoms with E-state index in [1.807, 2.05) is 61.5 Å². The molecular weight excluding hydrogens is 500 g/mol. The van der Waals surface area contributed by atoms with Gasteiger partial charge in [-0.15, -0.1) is 0 Å². The molecule has 0 atom stereocenters. The molecule has 1 fully saturated rings. The van der Waals surface area contributed by atoms with Crippen LogP contribution in [0.3, 0.4) is 0 Å². The third-order valence-corrected chi connectivity index (χ3v) is 6.72. The number of carbonyl (C=O) groups excluding carboxylic acids is 3. The predicted molar refractivity (Wildman–Crippen MR) is 147 cm³/mol. The number of amides is 3. The summed E-state index contributed by atoms with van der Waals surface area (Å²) in [6.45, 7) is 5.20. The maximum absolute atomic E-state index is 13.7. The van der Waals surface area contributed by atoms with Crippen molar-refractivity contribution in [1.29, 1.82) is 0 Å². The summed E-state index contributed by atoms with van der Waals surface area (Å²) in [5.74, 6) is 0.876. The SMILES string of the molecule is CCOC(=O)CNC(=O)N1CCN(C(=O)c2cc(-c3ccc(OC)cc3)n(-c3cccc(OC)c3)c2C)CC1. The van der Waals surface area contributed by atoms with E-state index in [1.54, 1.807) is 30.9 Å². The normalized spacial score (nSPS) is 13.1. The van der Waals surface area contributed by atoms with Gasteiger partial charge in [0, 0.05) is 43.6 Å². The monoisotopic (exact) mass is 534 g/mol. The number of aromatic nitrogens is 1. The number of hydrogen-bond acceptors (Lipinski definition) is 6. The predicted octanol–water partition coefficient (Wildman–Crippen LogP) is 3.50. The van der Waals surface area contributed by atoms with E-state index in [9.17, 15) is 14.4 Å². The smallest absolute Gasteiger partial charge is 0.325 e. The minimum Gasteiger partial charge on any atom is -0.497 e. The molecule has 0 unspecified atom stereocenters. The van der Waals surface area contributed by atoms with E-state index in [-0.39, 0.29) is 25.1 Å². The van der Waals surface area contributed by atoms with Crippen molar-refractivity contribution in [2.75, 3.05) is 53.6 Å². The largest absolute Gasteiger partial charge is 0.497 e. The molecule has 10 heteroatoms. The lowest BCUT2D eigenvalue weighted by molar-refractivity contribution is -0.141. The van der Waals surface area contributed by atoms with Crippen LogP contribution in [-0.2, 0) is 9.53 Å². The first-order chi connectivity index (χ1) is 18.9. The second kappa shape index (κ2) is 12.4. The standard InChI is InChI=1S/C29H34N4O6/c1-5-39-27(34)19-30-29(36)32-15-13-31(14-16-32)28(35)25-18-26(21-9-11-23(37-3)12-10-21)33(20(25)2)22-7-6-8-24(17-22)38-4/h6-12,17-18H,5,13-16,19H2,1-4H3,(H,30,36). The van der Waals surface area contributed by atoms with E-state index >= 15 is 0 Å². The van der Waals surface area contributed by atoms with Crippen LogP contribution in [0, 0.1) is 6.92 Å². The van der Waals surface area contributed by atoms with Crippen molar-refractivity contribution in [3.05, 3.63) is 65.9 Å². The van der Waals surface area contributed by atoms with Gasteiger partial charge in [-0.3, -0.25) is 9.59 Å². The first-order valence-electron chi connectivity index (χ1n) is 12.8. The molecule has 39 heavy (non-hydrogen) atoms. The van der Waals surface area contributed by atoms with Crippen molar-refractivity contribution >= 4 is 17.9 Å². The van der Waals surface area contributed by atoms with E-state index in [0.29, 0.717) is 37.5 Å². The first-order valence-corrected chi connectivity index (χ1v) is 12.8. The van der Waals surface area contributed by atoms with Gasteiger partial charge in [0.1, 0.15) is 18.0 Å². The number of esters is 1. The highest BCUT2D eigenvalue weighted by Crippen LogP contribution is 2.32. The van der Waals surface area contributed by atoms with Gasteiger partial charge < -0.3 is 33.9 Å². The molecule has 1 saturated heterocycles. The van der Waals surface area contributed by atoms with E-state index < -0.39 is 5.97 Å². The van der Waals surface area contributed by atoms with Crippen LogP contribution in [-0.4, -0.2) is 85.8 Å². The van der Waals surface area contributed by atoms with E-state index in [2.05, 4.69) is 9.88 Å². The quantitative estimate of drug-likeness (QED) is 0.444. The number of carbonyl (C=O) groups is 3. The van der Waals surface area contributed by atoms with Crippen molar-refractivity contribution < 1.29 is 28.6 Å². The van der Waals surface area contributed by atoms with Gasteiger partial charge in [0.15, 0.2) is 0 Å². The van der Waals surface area contributed by atoms with Crippen molar-refractivity contribution in [3.63, 3.8) is 0 Å². The summed E-state index contributed by atoms with van der Waals surface area (Å²) >= 11 is 0. The van der Waals surface area contributed by atoms with Crippen molar-refractivity contribution in [1.82, 2.24) is 19.7 Å². The Morgan fingerprint density at radius 2 is 1.54 bits per heavy atom. The minimum atomic E-state index is -0.483. The molecule has 4 rings (SSSR count). The second-order valence-electron chi connectivity index (χ2n) is 9.04. The second-order valence-corrected chi connectivity index (χ2v) is 9.04. The topological polar surface area (TPSA) is 102 Å². The van der Waals surface area contributed by atoms with Crippen molar-refractivity contribution in [2.24, 2.45) is 0 Å². The summed E-state index contributed by atoms with van der Waals surface area (Å²) in [6.07, 6.45) is 0. The van der Waals surface area contributed by atoms with E-state index in [1.165, 1.54) is 0 Å². The Morgan fingerprint density at radius 1 is 0.872 bits per heavy atom. The molecule has 3 amide bonds. The molecule has 0 spiro atoms. The van der Waals surface area contributed by atoms with Gasteiger partial charge in [-0.2, -0.15) is 0 Å². The highest BCUT2D eigenvalue weighted by atomic mass is 16.5. The number of rotatable bonds is 8. The van der Waals surface area contributed by atoms with Gasteiger partial charge in [-0.05, 0) is 61.9 Å². The zero-order chi connectivity index (χ0) is 27.9. The molecule has 0 saturated carbocycles. The molecule has 2 heterocycles. The molecule has 0 aliphatic carbocycles. The summed E-state index contributed by atoms with van der Waals surface area (Å²) in [5, 5.41) is 2.57. The number of hydrogen-bond donors (Lipinski definition) is 1. The molecule has 2 aromatic carbocycles. The number of urea groups is 1. The molecule has 0 bridgehead atoms. The van der Waals surface area contributed by atoms with Gasteiger partial charge in [0.2, 0.25) is 0 Å². The van der Waals surface area contributed by atoms with Crippen LogP contribution in [0.25, 0.3) is 16.9 Å². The lowest BCUT2D eigenvalue weighted by atomic mass is 10.1. The Labute approximate surface area is 228 Å². The summed E-state index contributed by atoms with van der Waals surface area (Å²) in [4.78, 5) is 41.1. The average molecular weight is 535 g/mol. The summed E-state index contributed by atoms with van der Waals surface area (Å²) < 4.78 is 17.7. The fourth-order valence-electron chi connectivity index (χ4n) is 4.63. The Bertz CT molecular complexity index is 1330. The lowest BCUT2D eigenvalue weighted by Gasteiger charge is -2.34. The molecule has 10 nitrogen and oxygen atoms in total. The fourth-order valence-corrected chi connectivity index (χ4v) is 4.63. The Kier molecular flexibility index (Phi) is 8.75. The van der Waals surface area contributed by atoms with Crippen LogP contribution in [0.2, 0.25) is 0 Å². The number of piperazine rings is 1. The van der Waals surface area contributed by atoms with Crippen molar-refractivity contribution in [2.45, 2.75) is 13.8 Å². The Balaban J connectivity index is 1.56. The van der Waals surface area contributed by atoms with Crippen LogP contribution in [0.1, 0.15) is 23.0 Å². The highest BCUT2D eigenvalue weighted by Gasteiger charge is 2.28. The van der Waals surface area contributed by atoms with Gasteiger partial charge in [0.25, 0.3) is 5.91 Å². The fraction of sp³-hybridized carbons (Fsp3) is 0.345. The first kappa shape index (κ1) is 27.6. The van der Waals surface area contributed by atoms with Crippen LogP contribution in [0.5, 0.6) is 11.5 Å². The van der Waals surface area contributed by atoms with Crippen molar-refractivity contribution in [3.8, 4) is 28.4 Å². The molecule has 1 aliphatic rings. The number of benzene rings is 2. The lowest BCUT2D eigenvalue weighted by Crippen LogP contribution is -2.53. The maximum atomic E-state index is 13.7. The zero-order valence-corrected chi connectivity index (χ0v) is 22.7. The molecule has 1 aromatic heterocycles. The molecular formula is C29H34N4O6.